The Morgan fingerprint density at radius 1 is 0.956 bits per heavy atom. The molecule has 68 heavy (non-hydrogen) atoms. The summed E-state index contributed by atoms with van der Waals surface area (Å²) in [6.07, 6.45) is 10.4. The molecule has 2 atom stereocenters. The van der Waals surface area contributed by atoms with Crippen molar-refractivity contribution in [2.75, 3.05) is 74.0 Å². The van der Waals surface area contributed by atoms with Crippen LogP contribution in [0.3, 0.4) is 0 Å². The lowest BCUT2D eigenvalue weighted by molar-refractivity contribution is -0.135. The number of benzene rings is 2. The number of urea groups is 1. The molecule has 4 aliphatic heterocycles. The van der Waals surface area contributed by atoms with Crippen molar-refractivity contribution in [3.05, 3.63) is 107 Å². The summed E-state index contributed by atoms with van der Waals surface area (Å²) < 4.78 is 51.1. The van der Waals surface area contributed by atoms with Gasteiger partial charge in [0, 0.05) is 117 Å². The monoisotopic (exact) mass is 945 g/mol. The molecule has 2 aromatic carbocycles. The number of fused-ring (bicyclic) bond motifs is 3. The van der Waals surface area contributed by atoms with Gasteiger partial charge in [0.25, 0.3) is 5.91 Å². The molecule has 0 bridgehead atoms. The second-order valence-electron chi connectivity index (χ2n) is 17.8. The van der Waals surface area contributed by atoms with Gasteiger partial charge in [-0.2, -0.15) is 13.9 Å². The molecule has 3 fully saturated rings. The number of nitrogens with zero attached hydrogens (tertiary/aromatic N) is 11. The minimum Gasteiger partial charge on any atom is -0.353 e. The Morgan fingerprint density at radius 2 is 1.81 bits per heavy atom. The van der Waals surface area contributed by atoms with E-state index in [0.29, 0.717) is 70.9 Å². The molecule has 0 radical (unpaired) electrons. The van der Waals surface area contributed by atoms with Gasteiger partial charge in [-0.15, -0.1) is 11.3 Å². The number of halogens is 3. The Kier molecular flexibility index (Phi) is 11.0. The van der Waals surface area contributed by atoms with Gasteiger partial charge >= 0.3 is 12.1 Å². The molecule has 11 rings (SSSR count). The first-order valence-electron chi connectivity index (χ1n) is 22.6. The number of aromatic nitrogens is 6. The first-order valence-corrected chi connectivity index (χ1v) is 23.5. The Hall–Kier alpha value is -7.13. The summed E-state index contributed by atoms with van der Waals surface area (Å²) in [7, 11) is 0. The van der Waals surface area contributed by atoms with Gasteiger partial charge < -0.3 is 19.3 Å². The second-order valence-corrected chi connectivity index (χ2v) is 18.7. The van der Waals surface area contributed by atoms with Crippen LogP contribution in [0, 0.1) is 5.82 Å². The highest BCUT2D eigenvalue weighted by Gasteiger charge is 2.44. The Morgan fingerprint density at radius 3 is 2.57 bits per heavy atom. The molecule has 2 N–H and O–H groups in total. The standard InChI is InChI=1S/C47H46F3N13O4S/c1-28-19-38(61-11-8-40(64)54-46(61)67)32-6-5-31(22-33(28)32)62-17-12-57(26-47(62,49)50)25-41(65)59-15-13-58(14-16-59)39-7-4-29(23-52-39)30-20-35(48)34-24-63(56-36(34)21-30)43(44(66)55-45-51-9-18-68-45)42-37-3-2-10-60(37)27-53-42/h4-7,9,18-24,27-28,43H,2-3,8,10-17,25-26H2,1H3,(H,51,55,66)(H,54,64,67). The van der Waals surface area contributed by atoms with Gasteiger partial charge in [0.2, 0.25) is 11.8 Å². The molecule has 0 saturated carbocycles. The van der Waals surface area contributed by atoms with E-state index in [1.807, 2.05) is 34.6 Å². The molecule has 6 aromatic rings. The van der Waals surface area contributed by atoms with Gasteiger partial charge in [0.15, 0.2) is 11.2 Å². The lowest BCUT2D eigenvalue weighted by Crippen LogP contribution is -2.60. The molecule has 2 unspecified atom stereocenters. The number of carbonyl (C=O) groups is 4. The number of pyridine rings is 1. The fraction of sp³-hybridized carbons (Fsp3) is 0.362. The first kappa shape index (κ1) is 43.4. The average molecular weight is 946 g/mol. The van der Waals surface area contributed by atoms with Gasteiger partial charge in [-0.05, 0) is 60.4 Å². The topological polar surface area (TPSA) is 170 Å². The van der Waals surface area contributed by atoms with Gasteiger partial charge in [-0.25, -0.2) is 24.1 Å². The molecule has 4 aromatic heterocycles. The summed E-state index contributed by atoms with van der Waals surface area (Å²) in [5.74, 6) is -0.855. The predicted molar refractivity (Wildman–Crippen MR) is 248 cm³/mol. The summed E-state index contributed by atoms with van der Waals surface area (Å²) in [5, 5.41) is 12.4. The molecule has 350 valence electrons. The third-order valence-electron chi connectivity index (χ3n) is 13.5. The van der Waals surface area contributed by atoms with E-state index in [9.17, 15) is 19.2 Å². The maximum Gasteiger partial charge on any atom is 0.338 e. The zero-order valence-corrected chi connectivity index (χ0v) is 37.8. The van der Waals surface area contributed by atoms with Crippen LogP contribution in [0.25, 0.3) is 27.7 Å². The van der Waals surface area contributed by atoms with Crippen molar-refractivity contribution in [1.29, 1.82) is 0 Å². The van der Waals surface area contributed by atoms with Crippen molar-refractivity contribution >= 4 is 68.3 Å². The van der Waals surface area contributed by atoms with Crippen LogP contribution in [-0.4, -0.2) is 133 Å². The largest absolute Gasteiger partial charge is 0.353 e. The van der Waals surface area contributed by atoms with Crippen LogP contribution >= 0.6 is 11.3 Å². The van der Waals surface area contributed by atoms with Crippen LogP contribution in [0.2, 0.25) is 0 Å². The van der Waals surface area contributed by atoms with E-state index in [1.165, 1.54) is 31.9 Å². The number of anilines is 3. The molecule has 0 spiro atoms. The van der Waals surface area contributed by atoms with Crippen LogP contribution in [0.15, 0.2) is 78.8 Å². The van der Waals surface area contributed by atoms with E-state index >= 15 is 13.2 Å². The predicted octanol–water partition coefficient (Wildman–Crippen LogP) is 5.53. The van der Waals surface area contributed by atoms with E-state index < -0.39 is 30.5 Å². The van der Waals surface area contributed by atoms with E-state index in [2.05, 4.69) is 20.6 Å². The SMILES string of the molecule is CC1C=C(N2CCC(=O)NC2=O)c2ccc(N3CCN(CC(=O)N4CCN(c5ccc(-c6cc(F)c7cn(C(C(=O)Nc8nccs8)c8ncn9c8CCC9)nc7c6)cn5)CC4)CC3(F)F)cc21. The quantitative estimate of drug-likeness (QED) is 0.166. The van der Waals surface area contributed by atoms with E-state index in [4.69, 9.17) is 10.1 Å². The zero-order chi connectivity index (χ0) is 46.8. The smallest absolute Gasteiger partial charge is 0.338 e. The van der Waals surface area contributed by atoms with Crippen molar-refractivity contribution in [2.24, 2.45) is 0 Å². The lowest BCUT2D eigenvalue weighted by Gasteiger charge is -2.43. The van der Waals surface area contributed by atoms with Crippen LogP contribution in [0.4, 0.5) is 34.6 Å². The minimum atomic E-state index is -3.24. The summed E-state index contributed by atoms with van der Waals surface area (Å²) in [5.41, 5.74) is 5.75. The van der Waals surface area contributed by atoms with Crippen LogP contribution in [0.1, 0.15) is 54.2 Å². The molecular weight excluding hydrogens is 900 g/mol. The van der Waals surface area contributed by atoms with E-state index in [0.717, 1.165) is 41.1 Å². The summed E-state index contributed by atoms with van der Waals surface area (Å²) >= 11 is 1.30. The highest BCUT2D eigenvalue weighted by Crippen LogP contribution is 2.42. The van der Waals surface area contributed by atoms with Crippen molar-refractivity contribution in [3.8, 4) is 11.1 Å². The van der Waals surface area contributed by atoms with E-state index in [1.54, 1.807) is 59.5 Å². The third-order valence-corrected chi connectivity index (χ3v) is 14.2. The Labute approximate surface area is 391 Å². The number of piperazine rings is 2. The average Bonchev–Trinajstić information content (AvgIpc) is 4.18. The third kappa shape index (κ3) is 8.01. The molecule has 1 aliphatic carbocycles. The number of amides is 5. The molecule has 5 aliphatic rings. The van der Waals surface area contributed by atoms with Gasteiger partial charge in [0.05, 0.1) is 36.0 Å². The fourth-order valence-corrected chi connectivity index (χ4v) is 10.6. The van der Waals surface area contributed by atoms with Gasteiger partial charge in [-0.1, -0.05) is 19.1 Å². The number of imidazole rings is 1. The first-order chi connectivity index (χ1) is 32.9. The fourth-order valence-electron chi connectivity index (χ4n) is 10.0. The van der Waals surface area contributed by atoms with Crippen molar-refractivity contribution < 1.29 is 32.3 Å². The van der Waals surface area contributed by atoms with Crippen LogP contribution in [-0.2, 0) is 27.3 Å². The molecule has 21 heteroatoms. The minimum absolute atomic E-state index is 0.0187. The van der Waals surface area contributed by atoms with Crippen molar-refractivity contribution in [3.63, 3.8) is 0 Å². The second kappa shape index (κ2) is 17.2. The van der Waals surface area contributed by atoms with Crippen LogP contribution in [0.5, 0.6) is 0 Å². The number of rotatable bonds is 10. The number of aryl methyl sites for hydroxylation is 1. The number of hydrogen-bond acceptors (Lipinski definition) is 12. The molecule has 5 amide bonds. The maximum absolute atomic E-state index is 15.9. The molecule has 8 heterocycles. The molecular formula is C47H46F3N13O4S. The normalized spacial score (nSPS) is 19.8. The number of hydrogen-bond donors (Lipinski definition) is 2. The van der Waals surface area contributed by atoms with Gasteiger partial charge in [-0.3, -0.25) is 39.5 Å². The zero-order valence-electron chi connectivity index (χ0n) is 36.9. The van der Waals surface area contributed by atoms with Crippen LogP contribution < -0.4 is 20.4 Å². The van der Waals surface area contributed by atoms with Crippen molar-refractivity contribution in [2.45, 2.75) is 50.7 Å². The Balaban J connectivity index is 0.707. The lowest BCUT2D eigenvalue weighted by atomic mass is 10.0. The van der Waals surface area contributed by atoms with E-state index in [-0.39, 0.29) is 61.6 Å². The number of thiazole rings is 1. The molecule has 3 saturated heterocycles. The highest BCUT2D eigenvalue weighted by molar-refractivity contribution is 7.13. The highest BCUT2D eigenvalue weighted by atomic mass is 32.1. The summed E-state index contributed by atoms with van der Waals surface area (Å²) in [6.45, 7) is 4.33. The number of nitrogens with one attached hydrogen (secondary N) is 2. The van der Waals surface area contributed by atoms with Crippen molar-refractivity contribution in [1.82, 2.24) is 49.3 Å². The number of carbonyl (C=O) groups excluding carboxylic acids is 4. The molecule has 17 nitrogen and oxygen atoms in total. The number of allylic oxidation sites excluding steroid dienone is 1. The summed E-state index contributed by atoms with van der Waals surface area (Å²) in [6, 6.07) is 7.37. The Bertz CT molecular complexity index is 3000. The van der Waals surface area contributed by atoms with Gasteiger partial charge in [0.1, 0.15) is 11.6 Å². The number of alkyl halides is 2. The maximum atomic E-state index is 15.9. The summed E-state index contributed by atoms with van der Waals surface area (Å²) in [4.78, 5) is 72.9. The number of imide groups is 1.